The number of halogens is 1. The molecule has 0 radical (unpaired) electrons. The van der Waals surface area contributed by atoms with E-state index < -0.39 is 0 Å². The van der Waals surface area contributed by atoms with Crippen LogP contribution in [0, 0.1) is 0 Å². The Morgan fingerprint density at radius 3 is 2.54 bits per heavy atom. The zero-order valence-corrected chi connectivity index (χ0v) is 16.7. The quantitative estimate of drug-likeness (QED) is 0.305. The highest BCUT2D eigenvalue weighted by Crippen LogP contribution is 2.24. The molecule has 0 amide bonds. The first-order valence-corrected chi connectivity index (χ1v) is 8.51. The van der Waals surface area contributed by atoms with Crippen molar-refractivity contribution in [1.82, 2.24) is 19.8 Å². The van der Waals surface area contributed by atoms with Crippen LogP contribution in [0.15, 0.2) is 23.5 Å². The number of hydrogen-bond donors (Lipinski definition) is 1. The molecule has 0 unspecified atom stereocenters. The Balaban J connectivity index is 0.00000208. The lowest BCUT2D eigenvalue weighted by Crippen LogP contribution is -2.47. The second-order valence-electron chi connectivity index (χ2n) is 6.31. The van der Waals surface area contributed by atoms with Gasteiger partial charge < -0.3 is 15.5 Å². The summed E-state index contributed by atoms with van der Waals surface area (Å²) in [6, 6.07) is 2.49. The fourth-order valence-electron chi connectivity index (χ4n) is 2.87. The number of guanidine groups is 1. The summed E-state index contributed by atoms with van der Waals surface area (Å²) in [6.45, 7) is 5.97. The third-order valence-electron chi connectivity index (χ3n) is 4.57. The van der Waals surface area contributed by atoms with Gasteiger partial charge >= 0.3 is 0 Å². The summed E-state index contributed by atoms with van der Waals surface area (Å²) in [7, 11) is 2.04. The normalized spacial score (nSPS) is 19.0. The Labute approximate surface area is 161 Å². The van der Waals surface area contributed by atoms with Crippen LogP contribution >= 0.6 is 24.0 Å². The van der Waals surface area contributed by atoms with E-state index in [-0.39, 0.29) is 24.0 Å². The van der Waals surface area contributed by atoms with Crippen molar-refractivity contribution in [3.05, 3.63) is 18.5 Å². The van der Waals surface area contributed by atoms with Crippen molar-refractivity contribution in [3.8, 4) is 0 Å². The lowest BCUT2D eigenvalue weighted by molar-refractivity contribution is 0.255. The maximum atomic E-state index is 6.00. The molecule has 0 atom stereocenters. The summed E-state index contributed by atoms with van der Waals surface area (Å²) < 4.78 is 0. The van der Waals surface area contributed by atoms with Crippen LogP contribution in [-0.4, -0.2) is 78.1 Å². The molecule has 1 aromatic heterocycles. The van der Waals surface area contributed by atoms with Crippen molar-refractivity contribution in [2.75, 3.05) is 51.2 Å². The minimum absolute atomic E-state index is 0. The summed E-state index contributed by atoms with van der Waals surface area (Å²) in [5.74, 6) is 1.53. The fourth-order valence-corrected chi connectivity index (χ4v) is 2.87. The molecule has 8 heteroatoms. The number of hydrogen-bond acceptors (Lipinski definition) is 5. The van der Waals surface area contributed by atoms with Gasteiger partial charge in [0.2, 0.25) is 5.95 Å². The molecule has 7 nitrogen and oxygen atoms in total. The lowest BCUT2D eigenvalue weighted by Gasteiger charge is -2.34. The highest BCUT2D eigenvalue weighted by molar-refractivity contribution is 14.0. The highest BCUT2D eigenvalue weighted by atomic mass is 127. The first-order chi connectivity index (χ1) is 11.2. The van der Waals surface area contributed by atoms with Crippen LogP contribution in [-0.2, 0) is 0 Å². The van der Waals surface area contributed by atoms with Gasteiger partial charge in [-0.3, -0.25) is 9.89 Å². The Morgan fingerprint density at radius 2 is 1.92 bits per heavy atom. The van der Waals surface area contributed by atoms with Crippen molar-refractivity contribution < 1.29 is 0 Å². The van der Waals surface area contributed by atoms with E-state index in [4.69, 9.17) is 5.73 Å². The molecular formula is C16H28IN7. The van der Waals surface area contributed by atoms with E-state index in [9.17, 15) is 0 Å². The van der Waals surface area contributed by atoms with Crippen LogP contribution in [0.25, 0.3) is 0 Å². The Kier molecular flexibility index (Phi) is 7.47. The van der Waals surface area contributed by atoms with Crippen molar-refractivity contribution in [1.29, 1.82) is 0 Å². The first-order valence-electron chi connectivity index (χ1n) is 8.51. The molecule has 24 heavy (non-hydrogen) atoms. The molecule has 1 aliphatic heterocycles. The number of anilines is 1. The maximum Gasteiger partial charge on any atom is 0.225 e. The zero-order valence-electron chi connectivity index (χ0n) is 14.3. The van der Waals surface area contributed by atoms with Gasteiger partial charge in [-0.25, -0.2) is 9.97 Å². The van der Waals surface area contributed by atoms with Crippen LogP contribution in [0.4, 0.5) is 5.95 Å². The molecule has 3 rings (SSSR count). The van der Waals surface area contributed by atoms with Gasteiger partial charge in [-0.15, -0.1) is 24.0 Å². The predicted octanol–water partition coefficient (Wildman–Crippen LogP) is 1.02. The number of nitrogens with zero attached hydrogens (tertiary/aromatic N) is 6. The number of nitrogens with two attached hydrogens (primary N) is 1. The van der Waals surface area contributed by atoms with Gasteiger partial charge in [0.05, 0.1) is 0 Å². The lowest BCUT2D eigenvalue weighted by atomic mass is 10.3. The van der Waals surface area contributed by atoms with Crippen molar-refractivity contribution >= 4 is 35.9 Å². The standard InChI is InChI=1S/C16H27N7.HI/c1-21(14-4-5-14)15(17)18-8-3-9-22-10-12-23(13-11-22)16-19-6-2-7-20-16;/h2,6-7,14H,3-5,8-13H2,1H3,(H2,17,18);1H. The molecule has 2 N–H and O–H groups in total. The van der Waals surface area contributed by atoms with Crippen LogP contribution in [0.2, 0.25) is 0 Å². The number of piperazine rings is 1. The fraction of sp³-hybridized carbons (Fsp3) is 0.688. The van der Waals surface area contributed by atoms with Crippen LogP contribution in [0.1, 0.15) is 19.3 Å². The maximum absolute atomic E-state index is 6.00. The van der Waals surface area contributed by atoms with Crippen LogP contribution in [0.5, 0.6) is 0 Å². The molecule has 2 fully saturated rings. The molecule has 2 heterocycles. The van der Waals surface area contributed by atoms with Gasteiger partial charge in [0.1, 0.15) is 0 Å². The SMILES string of the molecule is CN(C(N)=NCCCN1CCN(c2ncccn2)CC1)C1CC1.I. The second-order valence-corrected chi connectivity index (χ2v) is 6.31. The van der Waals surface area contributed by atoms with Gasteiger partial charge in [0, 0.05) is 64.8 Å². The van der Waals surface area contributed by atoms with Gasteiger partial charge in [-0.05, 0) is 25.3 Å². The molecule has 134 valence electrons. The molecule has 1 aromatic rings. The average Bonchev–Trinajstić information content (AvgIpc) is 3.44. The molecule has 2 aliphatic rings. The topological polar surface area (TPSA) is 73.9 Å². The van der Waals surface area contributed by atoms with E-state index >= 15 is 0 Å². The first kappa shape index (κ1) is 19.2. The summed E-state index contributed by atoms with van der Waals surface area (Å²) in [6.07, 6.45) is 7.16. The molecule has 1 saturated heterocycles. The summed E-state index contributed by atoms with van der Waals surface area (Å²) >= 11 is 0. The Hall–Kier alpha value is -1.16. The molecule has 0 aromatic carbocycles. The minimum Gasteiger partial charge on any atom is -0.370 e. The van der Waals surface area contributed by atoms with Gasteiger partial charge in [0.25, 0.3) is 0 Å². The predicted molar refractivity (Wildman–Crippen MR) is 108 cm³/mol. The summed E-state index contributed by atoms with van der Waals surface area (Å²) in [4.78, 5) is 20.0. The van der Waals surface area contributed by atoms with Crippen molar-refractivity contribution in [2.45, 2.75) is 25.3 Å². The smallest absolute Gasteiger partial charge is 0.225 e. The molecular weight excluding hydrogens is 417 g/mol. The minimum atomic E-state index is 0. The number of aliphatic imine (C=N–C) groups is 1. The monoisotopic (exact) mass is 445 g/mol. The highest BCUT2D eigenvalue weighted by Gasteiger charge is 2.27. The number of rotatable bonds is 6. The molecule has 1 aliphatic carbocycles. The van der Waals surface area contributed by atoms with Gasteiger partial charge in [-0.2, -0.15) is 0 Å². The van der Waals surface area contributed by atoms with Crippen LogP contribution in [0.3, 0.4) is 0 Å². The largest absolute Gasteiger partial charge is 0.370 e. The van der Waals surface area contributed by atoms with E-state index in [1.807, 2.05) is 13.1 Å². The Morgan fingerprint density at radius 1 is 1.25 bits per heavy atom. The van der Waals surface area contributed by atoms with Gasteiger partial charge in [-0.1, -0.05) is 0 Å². The summed E-state index contributed by atoms with van der Waals surface area (Å²) in [5, 5.41) is 0. The van der Waals surface area contributed by atoms with E-state index in [1.165, 1.54) is 12.8 Å². The van der Waals surface area contributed by atoms with E-state index in [0.717, 1.165) is 51.6 Å². The molecule has 1 saturated carbocycles. The van der Waals surface area contributed by atoms with Gasteiger partial charge in [0.15, 0.2) is 5.96 Å². The van der Waals surface area contributed by atoms with Crippen molar-refractivity contribution in [2.24, 2.45) is 10.7 Å². The molecule has 0 spiro atoms. The van der Waals surface area contributed by atoms with E-state index in [2.05, 4.69) is 29.7 Å². The molecule has 0 bridgehead atoms. The van der Waals surface area contributed by atoms with Crippen LogP contribution < -0.4 is 10.6 Å². The Bertz CT molecular complexity index is 512. The summed E-state index contributed by atoms with van der Waals surface area (Å²) in [5.41, 5.74) is 6.00. The second kappa shape index (κ2) is 9.36. The number of aromatic nitrogens is 2. The third kappa shape index (κ3) is 5.44. The zero-order chi connectivity index (χ0) is 16.1. The van der Waals surface area contributed by atoms with E-state index in [1.54, 1.807) is 12.4 Å². The third-order valence-corrected chi connectivity index (χ3v) is 4.57. The average molecular weight is 445 g/mol. The van der Waals surface area contributed by atoms with Crippen molar-refractivity contribution in [3.63, 3.8) is 0 Å². The van der Waals surface area contributed by atoms with E-state index in [0.29, 0.717) is 12.0 Å².